The van der Waals surface area contributed by atoms with E-state index in [0.29, 0.717) is 19.2 Å². The molecular formula is C12H23N3O2. The van der Waals surface area contributed by atoms with Crippen molar-refractivity contribution >= 4 is 5.91 Å². The molecule has 5 heteroatoms. The Bertz CT molecular complexity index is 254. The fourth-order valence-electron chi connectivity index (χ4n) is 2.59. The van der Waals surface area contributed by atoms with E-state index in [1.165, 1.54) is 12.8 Å². The summed E-state index contributed by atoms with van der Waals surface area (Å²) in [6.45, 7) is 6.84. The number of rotatable bonds is 4. The van der Waals surface area contributed by atoms with Gasteiger partial charge in [-0.25, -0.2) is 0 Å². The monoisotopic (exact) mass is 241 g/mol. The molecule has 0 aromatic heterocycles. The van der Waals surface area contributed by atoms with Crippen molar-refractivity contribution < 1.29 is 9.53 Å². The van der Waals surface area contributed by atoms with Crippen LogP contribution in [0.25, 0.3) is 0 Å². The largest absolute Gasteiger partial charge is 0.378 e. The van der Waals surface area contributed by atoms with Crippen LogP contribution in [0.3, 0.4) is 0 Å². The third-order valence-electron chi connectivity index (χ3n) is 3.51. The second kappa shape index (κ2) is 6.33. The summed E-state index contributed by atoms with van der Waals surface area (Å²) < 4.78 is 5.42. The Morgan fingerprint density at radius 3 is 3.18 bits per heavy atom. The van der Waals surface area contributed by atoms with E-state index in [2.05, 4.69) is 15.5 Å². The van der Waals surface area contributed by atoms with Gasteiger partial charge in [-0.05, 0) is 26.3 Å². The number of likely N-dealkylation sites (N-methyl/N-ethyl adjacent to an activating group) is 1. The van der Waals surface area contributed by atoms with Gasteiger partial charge in [0.05, 0.1) is 13.2 Å². The van der Waals surface area contributed by atoms with Gasteiger partial charge < -0.3 is 15.4 Å². The third-order valence-corrected chi connectivity index (χ3v) is 3.51. The van der Waals surface area contributed by atoms with Crippen LogP contribution in [-0.2, 0) is 9.53 Å². The first-order valence-electron chi connectivity index (χ1n) is 6.64. The average molecular weight is 241 g/mol. The van der Waals surface area contributed by atoms with Crippen LogP contribution in [0.2, 0.25) is 0 Å². The molecule has 1 amide bonds. The van der Waals surface area contributed by atoms with Gasteiger partial charge in [-0.3, -0.25) is 9.69 Å². The van der Waals surface area contributed by atoms with Gasteiger partial charge in [0, 0.05) is 25.7 Å². The summed E-state index contributed by atoms with van der Waals surface area (Å²) in [6.07, 6.45) is 2.47. The fourth-order valence-corrected chi connectivity index (χ4v) is 2.59. The van der Waals surface area contributed by atoms with Crippen molar-refractivity contribution in [2.75, 3.05) is 39.4 Å². The number of ether oxygens (including phenoxy) is 1. The van der Waals surface area contributed by atoms with Crippen molar-refractivity contribution in [1.82, 2.24) is 15.5 Å². The van der Waals surface area contributed by atoms with E-state index in [0.717, 1.165) is 26.2 Å². The minimum absolute atomic E-state index is 0.102. The highest BCUT2D eigenvalue weighted by molar-refractivity contribution is 5.81. The Balaban J connectivity index is 1.89. The zero-order chi connectivity index (χ0) is 12.1. The summed E-state index contributed by atoms with van der Waals surface area (Å²) in [5.41, 5.74) is 0. The maximum absolute atomic E-state index is 11.9. The third kappa shape index (κ3) is 3.40. The first-order chi connectivity index (χ1) is 8.31. The molecule has 2 heterocycles. The number of amides is 1. The van der Waals surface area contributed by atoms with Crippen molar-refractivity contribution in [1.29, 1.82) is 0 Å². The van der Waals surface area contributed by atoms with Gasteiger partial charge in [0.25, 0.3) is 0 Å². The van der Waals surface area contributed by atoms with Crippen LogP contribution in [0.4, 0.5) is 0 Å². The van der Waals surface area contributed by atoms with E-state index >= 15 is 0 Å². The second-order valence-corrected chi connectivity index (χ2v) is 4.77. The summed E-state index contributed by atoms with van der Waals surface area (Å²) in [7, 11) is 0. The van der Waals surface area contributed by atoms with Crippen molar-refractivity contribution in [2.24, 2.45) is 0 Å². The van der Waals surface area contributed by atoms with E-state index in [9.17, 15) is 4.79 Å². The Hall–Kier alpha value is -0.650. The van der Waals surface area contributed by atoms with Gasteiger partial charge in [0.1, 0.15) is 6.04 Å². The van der Waals surface area contributed by atoms with E-state index in [1.54, 1.807) is 0 Å². The van der Waals surface area contributed by atoms with Crippen LogP contribution in [0.5, 0.6) is 0 Å². The van der Waals surface area contributed by atoms with Crippen molar-refractivity contribution in [3.63, 3.8) is 0 Å². The Morgan fingerprint density at radius 2 is 2.47 bits per heavy atom. The topological polar surface area (TPSA) is 53.6 Å². The number of hydrogen-bond acceptors (Lipinski definition) is 4. The molecule has 2 atom stereocenters. The molecule has 98 valence electrons. The molecule has 5 nitrogen and oxygen atoms in total. The van der Waals surface area contributed by atoms with Gasteiger partial charge in [-0.15, -0.1) is 0 Å². The standard InChI is InChI=1S/C12H23N3O2/c1-2-13-12(16)11-9-17-7-6-15(11)8-10-4-3-5-14-10/h10-11,14H,2-9H2,1H3,(H,13,16). The van der Waals surface area contributed by atoms with Crippen LogP contribution in [0.15, 0.2) is 0 Å². The molecule has 2 rings (SSSR count). The van der Waals surface area contributed by atoms with Crippen molar-refractivity contribution in [3.8, 4) is 0 Å². The lowest BCUT2D eigenvalue weighted by atomic mass is 10.1. The number of carbonyl (C=O) groups is 1. The van der Waals surface area contributed by atoms with E-state index in [4.69, 9.17) is 4.74 Å². The normalized spacial score (nSPS) is 30.4. The maximum atomic E-state index is 11.9. The summed E-state index contributed by atoms with van der Waals surface area (Å²) >= 11 is 0. The minimum atomic E-state index is -0.105. The number of nitrogens with zero attached hydrogens (tertiary/aromatic N) is 1. The predicted octanol–water partition coefficient (Wildman–Crippen LogP) is -0.425. The molecule has 0 spiro atoms. The van der Waals surface area contributed by atoms with Crippen LogP contribution in [0.1, 0.15) is 19.8 Å². The summed E-state index contributed by atoms with van der Waals surface area (Å²) in [6, 6.07) is 0.441. The van der Waals surface area contributed by atoms with Gasteiger partial charge in [-0.2, -0.15) is 0 Å². The highest BCUT2D eigenvalue weighted by atomic mass is 16.5. The van der Waals surface area contributed by atoms with Gasteiger partial charge >= 0.3 is 0 Å². The number of nitrogens with one attached hydrogen (secondary N) is 2. The highest BCUT2D eigenvalue weighted by Gasteiger charge is 2.31. The molecule has 2 N–H and O–H groups in total. The molecule has 2 fully saturated rings. The first kappa shape index (κ1) is 12.8. The first-order valence-corrected chi connectivity index (χ1v) is 6.64. The lowest BCUT2D eigenvalue weighted by Gasteiger charge is -2.36. The molecular weight excluding hydrogens is 218 g/mol. The molecule has 2 aliphatic heterocycles. The number of hydrogen-bond donors (Lipinski definition) is 2. The highest BCUT2D eigenvalue weighted by Crippen LogP contribution is 2.12. The summed E-state index contributed by atoms with van der Waals surface area (Å²) in [5, 5.41) is 6.37. The van der Waals surface area contributed by atoms with Crippen LogP contribution in [0, 0.1) is 0 Å². The lowest BCUT2D eigenvalue weighted by Crippen LogP contribution is -2.56. The summed E-state index contributed by atoms with van der Waals surface area (Å²) in [4.78, 5) is 14.2. The molecule has 2 saturated heterocycles. The second-order valence-electron chi connectivity index (χ2n) is 4.77. The van der Waals surface area contributed by atoms with Gasteiger partial charge in [0.15, 0.2) is 0 Å². The summed E-state index contributed by atoms with van der Waals surface area (Å²) in [5.74, 6) is 0.102. The van der Waals surface area contributed by atoms with E-state index in [1.807, 2.05) is 6.92 Å². The molecule has 0 aromatic rings. The predicted molar refractivity (Wildman–Crippen MR) is 65.9 cm³/mol. The zero-order valence-corrected chi connectivity index (χ0v) is 10.6. The Labute approximate surface area is 103 Å². The quantitative estimate of drug-likeness (QED) is 0.701. The molecule has 0 radical (unpaired) electrons. The maximum Gasteiger partial charge on any atom is 0.239 e. The van der Waals surface area contributed by atoms with E-state index < -0.39 is 0 Å². The van der Waals surface area contributed by atoms with Crippen LogP contribution >= 0.6 is 0 Å². The lowest BCUT2D eigenvalue weighted by molar-refractivity contribution is -0.132. The molecule has 0 saturated carbocycles. The zero-order valence-electron chi connectivity index (χ0n) is 10.6. The number of carbonyl (C=O) groups excluding carboxylic acids is 1. The Morgan fingerprint density at radius 1 is 1.59 bits per heavy atom. The Kier molecular flexibility index (Phi) is 4.76. The van der Waals surface area contributed by atoms with E-state index in [-0.39, 0.29) is 11.9 Å². The van der Waals surface area contributed by atoms with Crippen LogP contribution in [-0.4, -0.2) is 62.3 Å². The molecule has 2 aliphatic rings. The average Bonchev–Trinajstić information content (AvgIpc) is 2.83. The van der Waals surface area contributed by atoms with Gasteiger partial charge in [-0.1, -0.05) is 0 Å². The molecule has 0 aliphatic carbocycles. The molecule has 17 heavy (non-hydrogen) atoms. The smallest absolute Gasteiger partial charge is 0.239 e. The SMILES string of the molecule is CCNC(=O)C1COCCN1CC1CCCN1. The van der Waals surface area contributed by atoms with Gasteiger partial charge in [0.2, 0.25) is 5.91 Å². The van der Waals surface area contributed by atoms with Crippen molar-refractivity contribution in [3.05, 3.63) is 0 Å². The molecule has 2 unspecified atom stereocenters. The molecule has 0 bridgehead atoms. The molecule has 0 aromatic carbocycles. The fraction of sp³-hybridized carbons (Fsp3) is 0.917. The van der Waals surface area contributed by atoms with Crippen molar-refractivity contribution in [2.45, 2.75) is 31.8 Å². The number of morpholine rings is 1. The minimum Gasteiger partial charge on any atom is -0.378 e. The van der Waals surface area contributed by atoms with Crippen LogP contribution < -0.4 is 10.6 Å².